The molecule has 1 aromatic carbocycles. The molecule has 15 heavy (non-hydrogen) atoms. The minimum absolute atomic E-state index is 0.111. The number of carbonyl (C=O) groups excluding carboxylic acids is 1. The van der Waals surface area contributed by atoms with E-state index in [0.29, 0.717) is 12.4 Å². The second-order valence-electron chi connectivity index (χ2n) is 2.82. The topological polar surface area (TPSA) is 59.4 Å². The fraction of sp³-hybridized carbons (Fsp3) is 0.273. The van der Waals surface area contributed by atoms with Crippen molar-refractivity contribution in [3.8, 4) is 5.75 Å². The molecule has 0 unspecified atom stereocenters. The molecule has 80 valence electrons. The third kappa shape index (κ3) is 4.26. The number of ether oxygens (including phenoxy) is 2. The van der Waals surface area contributed by atoms with E-state index < -0.39 is 5.97 Å². The lowest BCUT2D eigenvalue weighted by Crippen LogP contribution is -2.15. The molecular formula is C11H13NO3. The van der Waals surface area contributed by atoms with Crippen molar-refractivity contribution < 1.29 is 14.3 Å². The van der Waals surface area contributed by atoms with E-state index in [4.69, 9.17) is 14.9 Å². The van der Waals surface area contributed by atoms with Gasteiger partial charge in [0.05, 0.1) is 6.61 Å². The molecule has 0 atom stereocenters. The molecule has 0 radical (unpaired) electrons. The summed E-state index contributed by atoms with van der Waals surface area (Å²) >= 11 is 0. The second kappa shape index (κ2) is 5.80. The van der Waals surface area contributed by atoms with Crippen molar-refractivity contribution in [2.45, 2.75) is 13.3 Å². The first-order valence-corrected chi connectivity index (χ1v) is 4.68. The summed E-state index contributed by atoms with van der Waals surface area (Å²) in [5, 5.41) is 7.41. The zero-order valence-electron chi connectivity index (χ0n) is 8.53. The van der Waals surface area contributed by atoms with Gasteiger partial charge in [0, 0.05) is 0 Å². The number of para-hydroxylation sites is 1. The molecule has 0 saturated carbocycles. The van der Waals surface area contributed by atoms with Gasteiger partial charge in [-0.25, -0.2) is 0 Å². The van der Waals surface area contributed by atoms with Gasteiger partial charge in [-0.2, -0.15) is 0 Å². The number of hydrogen-bond acceptors (Lipinski definition) is 4. The van der Waals surface area contributed by atoms with Crippen LogP contribution in [0.4, 0.5) is 0 Å². The molecule has 4 heteroatoms. The molecule has 0 bridgehead atoms. The summed E-state index contributed by atoms with van der Waals surface area (Å²) in [4.78, 5) is 11.0. The van der Waals surface area contributed by atoms with E-state index in [1.807, 2.05) is 6.07 Å². The molecule has 0 heterocycles. The predicted molar refractivity (Wildman–Crippen MR) is 56.0 cm³/mol. The lowest BCUT2D eigenvalue weighted by atomic mass is 10.3. The van der Waals surface area contributed by atoms with Gasteiger partial charge in [0.15, 0.2) is 5.90 Å². The molecule has 4 nitrogen and oxygen atoms in total. The number of rotatable bonds is 4. The lowest BCUT2D eigenvalue weighted by Gasteiger charge is -2.05. The Morgan fingerprint density at radius 2 is 2.00 bits per heavy atom. The molecule has 0 aromatic heterocycles. The van der Waals surface area contributed by atoms with Gasteiger partial charge >= 0.3 is 5.97 Å². The quantitative estimate of drug-likeness (QED) is 0.466. The van der Waals surface area contributed by atoms with E-state index in [1.165, 1.54) is 0 Å². The van der Waals surface area contributed by atoms with Gasteiger partial charge in [-0.05, 0) is 19.1 Å². The molecule has 0 aliphatic rings. The zero-order chi connectivity index (χ0) is 11.1. The van der Waals surface area contributed by atoms with Crippen molar-refractivity contribution in [1.29, 1.82) is 5.41 Å². The predicted octanol–water partition coefficient (Wildman–Crippen LogP) is 2.00. The molecule has 0 aliphatic carbocycles. The summed E-state index contributed by atoms with van der Waals surface area (Å²) in [7, 11) is 0. The fourth-order valence-electron chi connectivity index (χ4n) is 1.01. The van der Waals surface area contributed by atoms with Crippen molar-refractivity contribution >= 4 is 11.9 Å². The molecule has 0 saturated heterocycles. The van der Waals surface area contributed by atoms with E-state index in [2.05, 4.69) is 0 Å². The minimum Gasteiger partial charge on any atom is -0.466 e. The van der Waals surface area contributed by atoms with Crippen LogP contribution in [-0.4, -0.2) is 18.5 Å². The summed E-state index contributed by atoms with van der Waals surface area (Å²) in [5.74, 6) is -0.00937. The third-order valence-electron chi connectivity index (χ3n) is 1.59. The van der Waals surface area contributed by atoms with Crippen LogP contribution >= 0.6 is 0 Å². The molecule has 0 fully saturated rings. The molecular weight excluding hydrogens is 194 g/mol. The van der Waals surface area contributed by atoms with Gasteiger partial charge in [-0.1, -0.05) is 18.2 Å². The van der Waals surface area contributed by atoms with Crippen molar-refractivity contribution in [1.82, 2.24) is 0 Å². The van der Waals surface area contributed by atoms with E-state index in [0.717, 1.165) is 0 Å². The Kier molecular flexibility index (Phi) is 4.34. The van der Waals surface area contributed by atoms with Crippen molar-refractivity contribution in [3.05, 3.63) is 30.3 Å². The summed E-state index contributed by atoms with van der Waals surface area (Å²) in [6, 6.07) is 8.89. The van der Waals surface area contributed by atoms with Gasteiger partial charge in [0.1, 0.15) is 12.2 Å². The fourth-order valence-corrected chi connectivity index (χ4v) is 1.01. The van der Waals surface area contributed by atoms with E-state index in [-0.39, 0.29) is 12.3 Å². The molecule has 0 aliphatic heterocycles. The number of nitrogens with one attached hydrogen (secondary N) is 1. The Balaban J connectivity index is 2.40. The zero-order valence-corrected chi connectivity index (χ0v) is 8.53. The first-order valence-electron chi connectivity index (χ1n) is 4.68. The van der Waals surface area contributed by atoms with E-state index >= 15 is 0 Å². The maximum atomic E-state index is 11.0. The van der Waals surface area contributed by atoms with Gasteiger partial charge in [-0.3, -0.25) is 10.2 Å². The highest BCUT2D eigenvalue weighted by Crippen LogP contribution is 2.09. The second-order valence-corrected chi connectivity index (χ2v) is 2.82. The summed E-state index contributed by atoms with van der Waals surface area (Å²) in [5.41, 5.74) is 0. The molecule has 1 aromatic rings. The van der Waals surface area contributed by atoms with Gasteiger partial charge in [0.25, 0.3) is 0 Å². The van der Waals surface area contributed by atoms with Gasteiger partial charge in [-0.15, -0.1) is 0 Å². The number of hydrogen-bond donors (Lipinski definition) is 1. The van der Waals surface area contributed by atoms with Crippen LogP contribution in [0.3, 0.4) is 0 Å². The average molecular weight is 207 g/mol. The van der Waals surface area contributed by atoms with Gasteiger partial charge < -0.3 is 9.47 Å². The van der Waals surface area contributed by atoms with Crippen LogP contribution in [0.25, 0.3) is 0 Å². The first kappa shape index (κ1) is 11.2. The van der Waals surface area contributed by atoms with Crippen molar-refractivity contribution in [2.24, 2.45) is 0 Å². The van der Waals surface area contributed by atoms with Crippen LogP contribution in [0.5, 0.6) is 5.75 Å². The smallest absolute Gasteiger partial charge is 0.315 e. The third-order valence-corrected chi connectivity index (χ3v) is 1.59. The highest BCUT2D eigenvalue weighted by Gasteiger charge is 2.08. The van der Waals surface area contributed by atoms with E-state index in [9.17, 15) is 4.79 Å². The van der Waals surface area contributed by atoms with Crippen LogP contribution in [0.15, 0.2) is 30.3 Å². The highest BCUT2D eigenvalue weighted by atomic mass is 16.5. The van der Waals surface area contributed by atoms with Gasteiger partial charge in [0.2, 0.25) is 0 Å². The van der Waals surface area contributed by atoms with Crippen LogP contribution in [0.2, 0.25) is 0 Å². The monoisotopic (exact) mass is 207 g/mol. The van der Waals surface area contributed by atoms with E-state index in [1.54, 1.807) is 31.2 Å². The van der Waals surface area contributed by atoms with Crippen LogP contribution in [-0.2, 0) is 9.53 Å². The maximum absolute atomic E-state index is 11.0. The normalized spacial score (nSPS) is 9.40. The lowest BCUT2D eigenvalue weighted by molar-refractivity contribution is -0.141. The first-order chi connectivity index (χ1) is 7.22. The Hall–Kier alpha value is -1.84. The summed E-state index contributed by atoms with van der Waals surface area (Å²) in [6.45, 7) is 2.04. The average Bonchev–Trinajstić information content (AvgIpc) is 2.19. The molecule has 0 spiro atoms. The van der Waals surface area contributed by atoms with Crippen LogP contribution < -0.4 is 4.74 Å². The molecule has 0 amide bonds. The Morgan fingerprint density at radius 3 is 2.60 bits per heavy atom. The SMILES string of the molecule is CCOC(=O)CC(=N)Oc1ccccc1. The highest BCUT2D eigenvalue weighted by molar-refractivity contribution is 5.93. The molecule has 1 N–H and O–H groups in total. The number of benzene rings is 1. The standard InChI is InChI=1S/C11H13NO3/c1-2-14-11(13)8-10(12)15-9-6-4-3-5-7-9/h3-7,12H,2,8H2,1H3. The summed E-state index contributed by atoms with van der Waals surface area (Å²) in [6.07, 6.45) is -0.136. The van der Waals surface area contributed by atoms with Crippen molar-refractivity contribution in [3.63, 3.8) is 0 Å². The Morgan fingerprint density at radius 1 is 1.33 bits per heavy atom. The maximum Gasteiger partial charge on any atom is 0.315 e. The Bertz CT molecular complexity index is 335. The minimum atomic E-state index is -0.446. The van der Waals surface area contributed by atoms with Crippen LogP contribution in [0.1, 0.15) is 13.3 Å². The summed E-state index contributed by atoms with van der Waals surface area (Å²) < 4.78 is 9.80. The Labute approximate surface area is 88.3 Å². The largest absolute Gasteiger partial charge is 0.466 e. The number of esters is 1. The van der Waals surface area contributed by atoms with Crippen LogP contribution in [0, 0.1) is 5.41 Å². The molecule has 1 rings (SSSR count). The number of carbonyl (C=O) groups is 1. The van der Waals surface area contributed by atoms with Crippen molar-refractivity contribution in [2.75, 3.05) is 6.61 Å².